The van der Waals surface area contributed by atoms with Crippen molar-refractivity contribution in [1.29, 1.82) is 0 Å². The van der Waals surface area contributed by atoms with E-state index < -0.39 is 22.4 Å². The zero-order valence-corrected chi connectivity index (χ0v) is 15.0. The van der Waals surface area contributed by atoms with E-state index in [4.69, 9.17) is 28.4 Å². The first-order valence-electron chi connectivity index (χ1n) is 3.32. The quantitative estimate of drug-likeness (QED) is 0.295. The van der Waals surface area contributed by atoms with Gasteiger partial charge in [-0.25, -0.2) is 0 Å². The van der Waals surface area contributed by atoms with Crippen molar-refractivity contribution in [3.8, 4) is 0 Å². The summed E-state index contributed by atoms with van der Waals surface area (Å²) < 4.78 is 34.1. The van der Waals surface area contributed by atoms with Gasteiger partial charge in [-0.2, -0.15) is 11.8 Å². The summed E-state index contributed by atoms with van der Waals surface area (Å²) in [7, 11) is -5.17. The van der Waals surface area contributed by atoms with Gasteiger partial charge in [0.15, 0.2) is 0 Å². The second-order valence-corrected chi connectivity index (χ2v) is 3.94. The van der Waals surface area contributed by atoms with E-state index in [-0.39, 0.29) is 59.1 Å². The average molecular weight is 291 g/mol. The first-order chi connectivity index (χ1) is 6.18. The molecule has 0 aromatic carbocycles. The summed E-state index contributed by atoms with van der Waals surface area (Å²) in [6.45, 7) is 0. The summed E-state index contributed by atoms with van der Waals surface area (Å²) >= 11 is 1.60. The fraction of sp³-hybridized carbons (Fsp3) is 0.800. The van der Waals surface area contributed by atoms with E-state index in [1.165, 1.54) is 0 Å². The normalized spacial score (nSPS) is 11.0. The van der Waals surface area contributed by atoms with Crippen molar-refractivity contribution in [3.63, 3.8) is 0 Å². The van der Waals surface area contributed by atoms with E-state index in [0.29, 0.717) is 6.42 Å². The van der Waals surface area contributed by atoms with Gasteiger partial charge in [-0.1, -0.05) is 0 Å². The maximum Gasteiger partial charge on any atom is 1.00 e. The Morgan fingerprint density at radius 2 is 1.75 bits per heavy atom. The van der Waals surface area contributed by atoms with Gasteiger partial charge in [-0.3, -0.25) is 13.2 Å². The predicted molar refractivity (Wildman–Crippen MR) is 49.1 cm³/mol. The molecule has 0 bridgehead atoms. The average Bonchev–Trinajstić information content (AvgIpc) is 1.96. The zero-order valence-electron chi connectivity index (χ0n) is 9.37. The molecule has 3 N–H and O–H groups in total. The van der Waals surface area contributed by atoms with Gasteiger partial charge in [0.2, 0.25) is 0 Å². The molecule has 86 valence electrons. The Balaban J connectivity index is -0.0000000904. The van der Waals surface area contributed by atoms with Gasteiger partial charge >= 0.3 is 65.1 Å². The van der Waals surface area contributed by atoms with Crippen molar-refractivity contribution < 1.29 is 86.5 Å². The molecule has 0 unspecified atom stereocenters. The van der Waals surface area contributed by atoms with E-state index in [1.54, 1.807) is 11.8 Å². The Labute approximate surface area is 143 Å². The third-order valence-electron chi connectivity index (χ3n) is 0.950. The van der Waals surface area contributed by atoms with Crippen LogP contribution >= 0.6 is 11.8 Å². The van der Waals surface area contributed by atoms with Crippen molar-refractivity contribution >= 4 is 28.1 Å². The van der Waals surface area contributed by atoms with Crippen LogP contribution in [0.1, 0.15) is 6.42 Å². The van der Waals surface area contributed by atoms with E-state index in [0.717, 1.165) is 5.75 Å². The minimum absolute atomic E-state index is 0. The Morgan fingerprint density at radius 3 is 1.94 bits per heavy atom. The van der Waals surface area contributed by atoms with Crippen LogP contribution in [0.3, 0.4) is 0 Å². The number of hydrogen-bond donors (Lipinski definition) is 2. The summed E-state index contributed by atoms with van der Waals surface area (Å²) in [6, 6.07) is -0.683. The second-order valence-electron chi connectivity index (χ2n) is 2.13. The van der Waals surface area contributed by atoms with Gasteiger partial charge in [0, 0.05) is 10.4 Å². The molecular formula is C5H11NNa2O6S2. The molecule has 0 aromatic rings. The van der Waals surface area contributed by atoms with Crippen LogP contribution in [0.5, 0.6) is 0 Å². The van der Waals surface area contributed by atoms with Gasteiger partial charge in [-0.05, 0) is 18.4 Å². The van der Waals surface area contributed by atoms with Gasteiger partial charge in [0.1, 0.15) is 6.04 Å². The van der Waals surface area contributed by atoms with Crippen LogP contribution < -0.4 is 64.8 Å². The topological polar surface area (TPSA) is 144 Å². The van der Waals surface area contributed by atoms with Gasteiger partial charge in [0.05, 0.1) is 0 Å². The molecule has 0 spiro atoms. The molecule has 7 nitrogen and oxygen atoms in total. The fourth-order valence-corrected chi connectivity index (χ4v) is 0.858. The standard InChI is InChI=1S/C5H11NO2S.2Na.H2O4S/c1-9-3-2-4(6)5(7)8;;;1-5(2,3)4/h4H,2-3,6H2,1H3,(H,7,8);;;(H2,1,2,3,4)/q;2*+1;/p-2/t4-;;;/m0.../s1. The van der Waals surface area contributed by atoms with Crippen LogP contribution in [0.15, 0.2) is 0 Å². The van der Waals surface area contributed by atoms with Crippen molar-refractivity contribution in [2.45, 2.75) is 12.5 Å². The number of carbonyl (C=O) groups is 1. The summed E-state index contributed by atoms with van der Waals surface area (Å²) in [6.07, 6.45) is 2.48. The molecule has 0 aromatic heterocycles. The maximum absolute atomic E-state index is 10.1. The fourth-order valence-electron chi connectivity index (χ4n) is 0.368. The number of aliphatic carboxylic acids is 1. The monoisotopic (exact) mass is 291 g/mol. The Morgan fingerprint density at radius 1 is 1.44 bits per heavy atom. The summed E-state index contributed by atoms with van der Waals surface area (Å²) in [5, 5.41) is 8.27. The van der Waals surface area contributed by atoms with Gasteiger partial charge in [-0.15, -0.1) is 0 Å². The molecule has 0 fully saturated rings. The van der Waals surface area contributed by atoms with Gasteiger partial charge < -0.3 is 19.9 Å². The predicted octanol–water partition coefficient (Wildman–Crippen LogP) is -7.18. The van der Waals surface area contributed by atoms with Crippen molar-refractivity contribution in [1.82, 2.24) is 0 Å². The first kappa shape index (κ1) is 26.3. The molecule has 0 aliphatic heterocycles. The molecule has 0 rings (SSSR count). The Hall–Kier alpha value is 1.65. The maximum atomic E-state index is 10.1. The number of nitrogens with two attached hydrogens (primary N) is 1. The molecule has 1 atom stereocenters. The molecule has 16 heavy (non-hydrogen) atoms. The Kier molecular flexibility index (Phi) is 24.1. The molecule has 0 aliphatic rings. The SMILES string of the molecule is CSCC[C@H](N)C(=O)O.O=S(=O)([O-])[O-].[Na+].[Na+]. The van der Waals surface area contributed by atoms with Crippen LogP contribution in [-0.2, 0) is 15.2 Å². The molecule has 0 saturated carbocycles. The number of thioether (sulfide) groups is 1. The van der Waals surface area contributed by atoms with Crippen molar-refractivity contribution in [2.75, 3.05) is 12.0 Å². The summed E-state index contributed by atoms with van der Waals surface area (Å²) in [5.41, 5.74) is 5.19. The van der Waals surface area contributed by atoms with Crippen LogP contribution in [0.4, 0.5) is 0 Å². The smallest absolute Gasteiger partial charge is 0.759 e. The molecule has 0 saturated heterocycles. The minimum atomic E-state index is -5.17. The Bertz CT molecular complexity index is 252. The number of carboxylic acids is 1. The summed E-state index contributed by atoms with van der Waals surface area (Å²) in [5.74, 6) is -0.1000. The third-order valence-corrected chi connectivity index (χ3v) is 1.59. The number of hydrogen-bond acceptors (Lipinski definition) is 7. The molecule has 0 amide bonds. The molecule has 0 radical (unpaired) electrons. The van der Waals surface area contributed by atoms with E-state index in [9.17, 15) is 4.79 Å². The van der Waals surface area contributed by atoms with E-state index >= 15 is 0 Å². The number of rotatable bonds is 4. The third kappa shape index (κ3) is 36.1. The second kappa shape index (κ2) is 14.7. The minimum Gasteiger partial charge on any atom is -0.759 e. The number of carboxylic acid groups (broad SMARTS) is 1. The summed E-state index contributed by atoms with van der Waals surface area (Å²) in [4.78, 5) is 10.1. The molecule has 11 heteroatoms. The van der Waals surface area contributed by atoms with Gasteiger partial charge in [0.25, 0.3) is 0 Å². The van der Waals surface area contributed by atoms with E-state index in [2.05, 4.69) is 0 Å². The van der Waals surface area contributed by atoms with E-state index in [1.807, 2.05) is 6.26 Å². The largest absolute Gasteiger partial charge is 1.00 e. The van der Waals surface area contributed by atoms with Crippen molar-refractivity contribution in [2.24, 2.45) is 5.73 Å². The zero-order chi connectivity index (χ0) is 11.8. The van der Waals surface area contributed by atoms with Crippen LogP contribution in [0.2, 0.25) is 0 Å². The molecule has 0 aliphatic carbocycles. The molecule has 0 heterocycles. The van der Waals surface area contributed by atoms with Crippen LogP contribution in [-0.4, -0.2) is 46.6 Å². The first-order valence-corrected chi connectivity index (χ1v) is 6.05. The molecular weight excluding hydrogens is 280 g/mol. The van der Waals surface area contributed by atoms with Crippen molar-refractivity contribution in [3.05, 3.63) is 0 Å². The van der Waals surface area contributed by atoms with Crippen LogP contribution in [0.25, 0.3) is 0 Å². The van der Waals surface area contributed by atoms with Crippen LogP contribution in [0, 0.1) is 0 Å².